The van der Waals surface area contributed by atoms with Crippen LogP contribution in [0, 0.1) is 19.3 Å². The van der Waals surface area contributed by atoms with Crippen LogP contribution in [-0.2, 0) is 4.79 Å². The molecule has 1 amide bonds. The lowest BCUT2D eigenvalue weighted by molar-refractivity contribution is -0.114. The number of fused-ring (bicyclic) bond motifs is 1. The highest BCUT2D eigenvalue weighted by molar-refractivity contribution is 8.26. The molecule has 3 aliphatic heterocycles. The van der Waals surface area contributed by atoms with Gasteiger partial charge in [0.25, 0.3) is 5.91 Å². The third kappa shape index (κ3) is 3.86. The number of aliphatic imine (C=N–C) groups is 1. The van der Waals surface area contributed by atoms with Crippen molar-refractivity contribution in [2.45, 2.75) is 33.1 Å². The van der Waals surface area contributed by atoms with Crippen molar-refractivity contribution in [3.8, 4) is 11.4 Å². The molecule has 1 fully saturated rings. The SMILES string of the molecule is COc1cccc(-n2c(C)cc(/C=C3/C(=N)N4N=C(N5CCCCC5)SC4=NC3=O)c2C)c1. The van der Waals surface area contributed by atoms with Crippen LogP contribution in [0.4, 0.5) is 0 Å². The second-order valence-corrected chi connectivity index (χ2v) is 9.25. The number of hydrogen-bond donors (Lipinski definition) is 1. The van der Waals surface area contributed by atoms with Gasteiger partial charge < -0.3 is 14.2 Å². The molecule has 33 heavy (non-hydrogen) atoms. The minimum atomic E-state index is -0.403. The fourth-order valence-corrected chi connectivity index (χ4v) is 5.38. The highest BCUT2D eigenvalue weighted by atomic mass is 32.2. The Morgan fingerprint density at radius 2 is 1.91 bits per heavy atom. The molecule has 170 valence electrons. The first-order valence-corrected chi connectivity index (χ1v) is 11.9. The van der Waals surface area contributed by atoms with Gasteiger partial charge in [0.1, 0.15) is 5.75 Å². The van der Waals surface area contributed by atoms with Crippen LogP contribution in [0.25, 0.3) is 11.8 Å². The van der Waals surface area contributed by atoms with E-state index in [2.05, 4.69) is 19.6 Å². The molecule has 0 atom stereocenters. The molecule has 3 aliphatic rings. The maximum Gasteiger partial charge on any atom is 0.283 e. The number of aromatic nitrogens is 1. The zero-order valence-electron chi connectivity index (χ0n) is 19.0. The molecule has 0 radical (unpaired) electrons. The first-order valence-electron chi connectivity index (χ1n) is 11.0. The number of benzene rings is 1. The number of carbonyl (C=O) groups excluding carboxylic acids is 1. The number of amidine groups is 3. The Morgan fingerprint density at radius 3 is 2.67 bits per heavy atom. The second kappa shape index (κ2) is 8.55. The number of hydrogen-bond acceptors (Lipinski definition) is 6. The van der Waals surface area contributed by atoms with Crippen molar-refractivity contribution < 1.29 is 9.53 Å². The lowest BCUT2D eigenvalue weighted by Crippen LogP contribution is -2.35. The van der Waals surface area contributed by atoms with Crippen molar-refractivity contribution in [2.24, 2.45) is 10.1 Å². The summed E-state index contributed by atoms with van der Waals surface area (Å²) in [6, 6.07) is 9.86. The normalized spacial score (nSPS) is 19.7. The molecule has 1 aromatic heterocycles. The molecule has 1 aromatic carbocycles. The highest BCUT2D eigenvalue weighted by Crippen LogP contribution is 2.32. The Hall–Kier alpha value is -3.33. The lowest BCUT2D eigenvalue weighted by Gasteiger charge is -2.26. The van der Waals surface area contributed by atoms with Crippen molar-refractivity contribution in [3.05, 3.63) is 52.9 Å². The fraction of sp³-hybridized carbons (Fsp3) is 0.333. The van der Waals surface area contributed by atoms with E-state index in [0.717, 1.165) is 59.5 Å². The van der Waals surface area contributed by atoms with Crippen LogP contribution in [0.1, 0.15) is 36.2 Å². The summed E-state index contributed by atoms with van der Waals surface area (Å²) in [6.07, 6.45) is 5.25. The standard InChI is InChI=1S/C24H26N6O2S/c1-15-12-17(16(2)29(15)18-8-7-9-19(14-18)32-3)13-20-21(25)30-23(26-22(20)31)33-24(27-30)28-10-5-4-6-11-28/h7-9,12-14,25H,4-6,10-11H2,1-3H3/b20-13-,25-21?. The first-order chi connectivity index (χ1) is 16.0. The van der Waals surface area contributed by atoms with Gasteiger partial charge in [-0.2, -0.15) is 10.0 Å². The first kappa shape index (κ1) is 21.5. The number of aryl methyl sites for hydroxylation is 1. The molecule has 0 saturated carbocycles. The Labute approximate surface area is 197 Å². The van der Waals surface area contributed by atoms with Crippen LogP contribution in [-0.4, -0.2) is 56.8 Å². The molecule has 0 spiro atoms. The van der Waals surface area contributed by atoms with E-state index in [1.54, 1.807) is 13.2 Å². The molecule has 0 bridgehead atoms. The zero-order chi connectivity index (χ0) is 23.1. The number of hydrazone groups is 1. The van der Waals surface area contributed by atoms with Gasteiger partial charge in [0.2, 0.25) is 5.17 Å². The molecule has 5 rings (SSSR count). The number of nitrogens with one attached hydrogen (secondary N) is 1. The summed E-state index contributed by atoms with van der Waals surface area (Å²) >= 11 is 1.37. The molecule has 9 heteroatoms. The Bertz CT molecular complexity index is 1240. The molecule has 8 nitrogen and oxygen atoms in total. The lowest BCUT2D eigenvalue weighted by atomic mass is 10.1. The summed E-state index contributed by atoms with van der Waals surface area (Å²) in [5, 5.41) is 16.1. The van der Waals surface area contributed by atoms with Crippen LogP contribution >= 0.6 is 11.8 Å². The molecule has 0 aliphatic carbocycles. The average molecular weight is 463 g/mol. The van der Waals surface area contributed by atoms with Gasteiger partial charge in [-0.3, -0.25) is 10.2 Å². The van der Waals surface area contributed by atoms with Crippen molar-refractivity contribution in [2.75, 3.05) is 20.2 Å². The minimum absolute atomic E-state index is 0.0655. The van der Waals surface area contributed by atoms with Crippen molar-refractivity contribution in [1.29, 1.82) is 5.41 Å². The number of thioether (sulfide) groups is 1. The van der Waals surface area contributed by atoms with E-state index in [9.17, 15) is 4.79 Å². The molecule has 4 heterocycles. The Kier molecular flexibility index (Phi) is 5.57. The van der Waals surface area contributed by atoms with E-state index in [1.807, 2.05) is 44.2 Å². The largest absolute Gasteiger partial charge is 0.497 e. The highest BCUT2D eigenvalue weighted by Gasteiger charge is 2.37. The summed E-state index contributed by atoms with van der Waals surface area (Å²) in [6.45, 7) is 5.92. The van der Waals surface area contributed by atoms with Crippen LogP contribution in [0.2, 0.25) is 0 Å². The van der Waals surface area contributed by atoms with E-state index in [-0.39, 0.29) is 11.4 Å². The fourth-order valence-electron chi connectivity index (χ4n) is 4.43. The molecule has 1 N–H and O–H groups in total. The summed E-state index contributed by atoms with van der Waals surface area (Å²) < 4.78 is 7.48. The van der Waals surface area contributed by atoms with Crippen LogP contribution in [0.3, 0.4) is 0 Å². The van der Waals surface area contributed by atoms with Gasteiger partial charge in [-0.1, -0.05) is 6.07 Å². The topological polar surface area (TPSA) is 86.3 Å². The van der Waals surface area contributed by atoms with Gasteiger partial charge in [-0.05, 0) is 74.7 Å². The summed E-state index contributed by atoms with van der Waals surface area (Å²) in [7, 11) is 1.65. The van der Waals surface area contributed by atoms with E-state index in [1.165, 1.54) is 23.2 Å². The van der Waals surface area contributed by atoms with Gasteiger partial charge in [-0.25, -0.2) is 0 Å². The molecule has 2 aromatic rings. The molecule has 0 unspecified atom stereocenters. The van der Waals surface area contributed by atoms with E-state index >= 15 is 0 Å². The number of likely N-dealkylation sites (tertiary alicyclic amines) is 1. The van der Waals surface area contributed by atoms with Gasteiger partial charge in [0, 0.05) is 36.2 Å². The smallest absolute Gasteiger partial charge is 0.283 e. The predicted molar refractivity (Wildman–Crippen MR) is 132 cm³/mol. The monoisotopic (exact) mass is 462 g/mol. The van der Waals surface area contributed by atoms with Gasteiger partial charge in [-0.15, -0.1) is 5.10 Å². The van der Waals surface area contributed by atoms with E-state index < -0.39 is 5.91 Å². The van der Waals surface area contributed by atoms with Crippen LogP contribution in [0.5, 0.6) is 5.75 Å². The number of piperidine rings is 1. The number of nitrogens with zero attached hydrogens (tertiary/aromatic N) is 5. The third-order valence-electron chi connectivity index (χ3n) is 6.15. The minimum Gasteiger partial charge on any atom is -0.497 e. The van der Waals surface area contributed by atoms with Crippen molar-refractivity contribution in [3.63, 3.8) is 0 Å². The number of ether oxygens (including phenoxy) is 1. The predicted octanol–water partition coefficient (Wildman–Crippen LogP) is 4.17. The number of methoxy groups -OCH3 is 1. The summed E-state index contributed by atoms with van der Waals surface area (Å²) in [5.41, 5.74) is 4.08. The second-order valence-electron chi connectivity index (χ2n) is 8.31. The van der Waals surface area contributed by atoms with Gasteiger partial charge in [0.15, 0.2) is 11.0 Å². The molecule has 1 saturated heterocycles. The maximum absolute atomic E-state index is 12.9. The van der Waals surface area contributed by atoms with Crippen LogP contribution < -0.4 is 4.74 Å². The van der Waals surface area contributed by atoms with Crippen LogP contribution in [0.15, 0.2) is 46.0 Å². The Morgan fingerprint density at radius 1 is 1.12 bits per heavy atom. The molecular weight excluding hydrogens is 436 g/mol. The maximum atomic E-state index is 12.9. The van der Waals surface area contributed by atoms with Gasteiger partial charge in [0.05, 0.1) is 12.7 Å². The van der Waals surface area contributed by atoms with Crippen molar-refractivity contribution in [1.82, 2.24) is 14.5 Å². The van der Waals surface area contributed by atoms with E-state index in [0.29, 0.717) is 5.17 Å². The average Bonchev–Trinajstić information content (AvgIpc) is 3.37. The third-order valence-corrected chi connectivity index (χ3v) is 7.12. The van der Waals surface area contributed by atoms with E-state index in [4.69, 9.17) is 10.1 Å². The number of carbonyl (C=O) groups is 1. The zero-order valence-corrected chi connectivity index (χ0v) is 19.8. The summed E-state index contributed by atoms with van der Waals surface area (Å²) in [4.78, 5) is 19.3. The number of rotatable bonds is 3. The molecular formula is C24H26N6O2S. The quantitative estimate of drug-likeness (QED) is 0.692. The summed E-state index contributed by atoms with van der Waals surface area (Å²) in [5.74, 6) is 0.440. The van der Waals surface area contributed by atoms with Crippen molar-refractivity contribution >= 4 is 39.9 Å². The Balaban J connectivity index is 1.47. The number of amides is 1. The van der Waals surface area contributed by atoms with Gasteiger partial charge >= 0.3 is 0 Å².